The summed E-state index contributed by atoms with van der Waals surface area (Å²) in [4.78, 5) is 2.51. The maximum atomic E-state index is 6.21. The summed E-state index contributed by atoms with van der Waals surface area (Å²) in [6, 6.07) is 7.07. The first kappa shape index (κ1) is 16.6. The zero-order chi connectivity index (χ0) is 15.2. The smallest absolute Gasteiger partial charge is 0.0412 e. The molecule has 0 aromatic heterocycles. The molecule has 0 saturated heterocycles. The van der Waals surface area contributed by atoms with Gasteiger partial charge in [0, 0.05) is 36.4 Å². The molecule has 0 aliphatic heterocycles. The molecule has 3 heteroatoms. The Morgan fingerprint density at radius 1 is 1.24 bits per heavy atom. The summed E-state index contributed by atoms with van der Waals surface area (Å²) in [7, 11) is 0. The summed E-state index contributed by atoms with van der Waals surface area (Å²) >= 11 is 6.21. The number of benzene rings is 1. The summed E-state index contributed by atoms with van der Waals surface area (Å²) in [6.07, 6.45) is 5.13. The molecule has 1 aromatic carbocycles. The number of nitrogens with one attached hydrogen (secondary N) is 1. The normalized spacial score (nSPS) is 14.7. The fourth-order valence-electron chi connectivity index (χ4n) is 2.80. The van der Waals surface area contributed by atoms with Gasteiger partial charge in [0.25, 0.3) is 0 Å². The van der Waals surface area contributed by atoms with Crippen molar-refractivity contribution in [2.75, 3.05) is 18.0 Å². The van der Waals surface area contributed by atoms with E-state index in [0.29, 0.717) is 0 Å². The van der Waals surface area contributed by atoms with Gasteiger partial charge in [-0.25, -0.2) is 0 Å². The van der Waals surface area contributed by atoms with Gasteiger partial charge >= 0.3 is 0 Å². The lowest BCUT2D eigenvalue weighted by Gasteiger charge is -2.29. The fourth-order valence-corrected chi connectivity index (χ4v) is 3.00. The third-order valence-corrected chi connectivity index (χ3v) is 4.79. The first-order valence-corrected chi connectivity index (χ1v) is 8.82. The second-order valence-electron chi connectivity index (χ2n) is 6.15. The summed E-state index contributed by atoms with van der Waals surface area (Å²) in [5.41, 5.74) is 2.68. The zero-order valence-corrected chi connectivity index (χ0v) is 14.4. The molecule has 0 unspecified atom stereocenters. The van der Waals surface area contributed by atoms with Gasteiger partial charge in [-0.05, 0) is 49.4 Å². The van der Waals surface area contributed by atoms with Crippen LogP contribution in [0, 0.1) is 5.92 Å². The number of halogens is 1. The molecule has 0 amide bonds. The molecule has 0 radical (unpaired) electrons. The summed E-state index contributed by atoms with van der Waals surface area (Å²) in [5, 5.41) is 4.45. The van der Waals surface area contributed by atoms with E-state index in [-0.39, 0.29) is 0 Å². The second kappa shape index (κ2) is 8.05. The molecule has 1 fully saturated rings. The molecule has 1 aromatic rings. The van der Waals surface area contributed by atoms with Crippen LogP contribution in [0.3, 0.4) is 0 Å². The molecule has 118 valence electrons. The molecule has 1 aliphatic carbocycles. The average Bonchev–Trinajstić information content (AvgIpc) is 3.32. The topological polar surface area (TPSA) is 15.3 Å². The molecule has 1 aliphatic rings. The van der Waals surface area contributed by atoms with Crippen molar-refractivity contribution in [2.24, 2.45) is 5.92 Å². The lowest BCUT2D eigenvalue weighted by Crippen LogP contribution is -2.30. The van der Waals surface area contributed by atoms with Gasteiger partial charge in [0.2, 0.25) is 0 Å². The number of hydrogen-bond donors (Lipinski definition) is 1. The Balaban J connectivity index is 2.13. The largest absolute Gasteiger partial charge is 0.371 e. The summed E-state index contributed by atoms with van der Waals surface area (Å²) in [5.74, 6) is 0.768. The summed E-state index contributed by atoms with van der Waals surface area (Å²) < 4.78 is 0. The SMILES string of the molecule is CCC(CC)CN(CC)c1ccc(Cl)cc1CNC1CC1. The average molecular weight is 309 g/mol. The van der Waals surface area contributed by atoms with Gasteiger partial charge in [-0.1, -0.05) is 38.3 Å². The highest BCUT2D eigenvalue weighted by molar-refractivity contribution is 6.30. The number of nitrogens with zero attached hydrogens (tertiary/aromatic N) is 1. The Kier molecular flexibility index (Phi) is 6.38. The molecule has 2 rings (SSSR count). The monoisotopic (exact) mass is 308 g/mol. The van der Waals surface area contributed by atoms with Crippen LogP contribution in [0.5, 0.6) is 0 Å². The van der Waals surface area contributed by atoms with E-state index in [1.165, 1.54) is 36.9 Å². The minimum absolute atomic E-state index is 0.728. The van der Waals surface area contributed by atoms with Crippen LogP contribution in [0.25, 0.3) is 0 Å². The van der Waals surface area contributed by atoms with Gasteiger partial charge in [0.1, 0.15) is 0 Å². The van der Waals surface area contributed by atoms with Gasteiger partial charge in [-0.15, -0.1) is 0 Å². The molecule has 0 spiro atoms. The molecule has 2 nitrogen and oxygen atoms in total. The van der Waals surface area contributed by atoms with Crippen molar-refractivity contribution in [3.63, 3.8) is 0 Å². The Morgan fingerprint density at radius 3 is 2.52 bits per heavy atom. The van der Waals surface area contributed by atoms with Gasteiger partial charge in [0.15, 0.2) is 0 Å². The predicted molar refractivity (Wildman–Crippen MR) is 93.3 cm³/mol. The lowest BCUT2D eigenvalue weighted by molar-refractivity contribution is 0.485. The van der Waals surface area contributed by atoms with Gasteiger partial charge in [-0.3, -0.25) is 0 Å². The number of hydrogen-bond acceptors (Lipinski definition) is 2. The van der Waals surface area contributed by atoms with E-state index in [1.54, 1.807) is 0 Å². The highest BCUT2D eigenvalue weighted by Gasteiger charge is 2.21. The van der Waals surface area contributed by atoms with Crippen molar-refractivity contribution in [3.05, 3.63) is 28.8 Å². The molecule has 1 N–H and O–H groups in total. The second-order valence-corrected chi connectivity index (χ2v) is 6.59. The first-order valence-electron chi connectivity index (χ1n) is 8.44. The van der Waals surface area contributed by atoms with Crippen LogP contribution in [0.1, 0.15) is 52.0 Å². The fraction of sp³-hybridized carbons (Fsp3) is 0.667. The number of rotatable bonds is 9. The van der Waals surface area contributed by atoms with Crippen molar-refractivity contribution >= 4 is 17.3 Å². The Hall–Kier alpha value is -0.730. The third-order valence-electron chi connectivity index (χ3n) is 4.56. The first-order chi connectivity index (χ1) is 10.2. The number of anilines is 1. The molecule has 1 saturated carbocycles. The van der Waals surface area contributed by atoms with E-state index in [1.807, 2.05) is 6.07 Å². The van der Waals surface area contributed by atoms with Crippen LogP contribution in [0.15, 0.2) is 18.2 Å². The minimum Gasteiger partial charge on any atom is -0.371 e. The van der Waals surface area contributed by atoms with E-state index < -0.39 is 0 Å². The van der Waals surface area contributed by atoms with Gasteiger partial charge < -0.3 is 10.2 Å². The van der Waals surface area contributed by atoms with Crippen molar-refractivity contribution in [3.8, 4) is 0 Å². The molecular weight excluding hydrogens is 280 g/mol. The summed E-state index contributed by atoms with van der Waals surface area (Å²) in [6.45, 7) is 9.95. The van der Waals surface area contributed by atoms with Crippen LogP contribution >= 0.6 is 11.6 Å². The standard InChI is InChI=1S/C18H29ClN2/c1-4-14(5-2)13-21(6-3)18-10-7-16(19)11-15(18)12-20-17-8-9-17/h7,10-11,14,17,20H,4-6,8-9,12-13H2,1-3H3. The highest BCUT2D eigenvalue weighted by atomic mass is 35.5. The van der Waals surface area contributed by atoms with Crippen LogP contribution < -0.4 is 10.2 Å². The molecule has 0 heterocycles. The van der Waals surface area contributed by atoms with E-state index in [0.717, 1.165) is 36.6 Å². The maximum absolute atomic E-state index is 6.21. The van der Waals surface area contributed by atoms with Crippen LogP contribution in [-0.2, 0) is 6.54 Å². The molecule has 0 bridgehead atoms. The van der Waals surface area contributed by atoms with Crippen molar-refractivity contribution in [1.29, 1.82) is 0 Å². The lowest BCUT2D eigenvalue weighted by atomic mass is 10.0. The van der Waals surface area contributed by atoms with E-state index in [4.69, 9.17) is 11.6 Å². The van der Waals surface area contributed by atoms with Crippen molar-refractivity contribution in [1.82, 2.24) is 5.32 Å². The van der Waals surface area contributed by atoms with Crippen LogP contribution in [-0.4, -0.2) is 19.1 Å². The van der Waals surface area contributed by atoms with Gasteiger partial charge in [0.05, 0.1) is 0 Å². The van der Waals surface area contributed by atoms with Crippen LogP contribution in [0.4, 0.5) is 5.69 Å². The molecule has 0 atom stereocenters. The van der Waals surface area contributed by atoms with E-state index >= 15 is 0 Å². The predicted octanol–water partition coefficient (Wildman–Crippen LogP) is 4.85. The molecule has 21 heavy (non-hydrogen) atoms. The Bertz CT molecular complexity index is 439. The van der Waals surface area contributed by atoms with Crippen molar-refractivity contribution < 1.29 is 0 Å². The quantitative estimate of drug-likeness (QED) is 0.701. The third kappa shape index (κ3) is 4.89. The Labute approximate surface area is 134 Å². The van der Waals surface area contributed by atoms with E-state index in [9.17, 15) is 0 Å². The Morgan fingerprint density at radius 2 is 1.95 bits per heavy atom. The maximum Gasteiger partial charge on any atom is 0.0412 e. The van der Waals surface area contributed by atoms with Crippen LogP contribution in [0.2, 0.25) is 5.02 Å². The van der Waals surface area contributed by atoms with E-state index in [2.05, 4.69) is 43.1 Å². The van der Waals surface area contributed by atoms with Crippen molar-refractivity contribution in [2.45, 2.75) is 59.0 Å². The highest BCUT2D eigenvalue weighted by Crippen LogP contribution is 2.27. The minimum atomic E-state index is 0.728. The molecular formula is C18H29ClN2. The zero-order valence-electron chi connectivity index (χ0n) is 13.7. The van der Waals surface area contributed by atoms with Gasteiger partial charge in [-0.2, -0.15) is 0 Å².